The van der Waals surface area contributed by atoms with E-state index in [9.17, 15) is 14.4 Å². The fourth-order valence-electron chi connectivity index (χ4n) is 2.07. The Hall–Kier alpha value is -2.45. The van der Waals surface area contributed by atoms with Crippen molar-refractivity contribution in [2.75, 3.05) is 23.4 Å². The zero-order valence-electron chi connectivity index (χ0n) is 14.8. The number of primary amides is 1. The van der Waals surface area contributed by atoms with Crippen LogP contribution >= 0.6 is 23.5 Å². The van der Waals surface area contributed by atoms with E-state index in [-0.39, 0.29) is 18.1 Å². The molecule has 0 aliphatic carbocycles. The highest BCUT2D eigenvalue weighted by molar-refractivity contribution is 8.00. The zero-order valence-corrected chi connectivity index (χ0v) is 16.4. The van der Waals surface area contributed by atoms with Crippen molar-refractivity contribution in [1.29, 1.82) is 0 Å². The molecule has 27 heavy (non-hydrogen) atoms. The SMILES string of the molecule is Cc1ccccc1SCC(=O)OCC(=O)Nc1ccccc1SCC(N)=O. The number of amides is 2. The Labute approximate surface area is 166 Å². The molecular weight excluding hydrogens is 384 g/mol. The van der Waals surface area contributed by atoms with Gasteiger partial charge in [-0.15, -0.1) is 23.5 Å². The zero-order chi connectivity index (χ0) is 19.6. The van der Waals surface area contributed by atoms with Crippen molar-refractivity contribution in [1.82, 2.24) is 0 Å². The Bertz CT molecular complexity index is 827. The number of thioether (sulfide) groups is 2. The van der Waals surface area contributed by atoms with Crippen LogP contribution in [0.15, 0.2) is 58.3 Å². The number of nitrogens with two attached hydrogens (primary N) is 1. The third-order valence-corrected chi connectivity index (χ3v) is 5.58. The molecule has 0 spiro atoms. The lowest BCUT2D eigenvalue weighted by Crippen LogP contribution is -2.22. The van der Waals surface area contributed by atoms with Crippen LogP contribution in [0.4, 0.5) is 5.69 Å². The number of hydrogen-bond donors (Lipinski definition) is 2. The highest BCUT2D eigenvalue weighted by Crippen LogP contribution is 2.26. The van der Waals surface area contributed by atoms with Crippen molar-refractivity contribution >= 4 is 47.0 Å². The number of carbonyl (C=O) groups excluding carboxylic acids is 3. The number of carbonyl (C=O) groups is 3. The molecule has 2 amide bonds. The fraction of sp³-hybridized carbons (Fsp3) is 0.211. The largest absolute Gasteiger partial charge is 0.455 e. The minimum absolute atomic E-state index is 0.109. The van der Waals surface area contributed by atoms with E-state index in [1.807, 2.05) is 31.2 Å². The van der Waals surface area contributed by atoms with Crippen molar-refractivity contribution in [2.24, 2.45) is 5.73 Å². The second-order valence-electron chi connectivity index (χ2n) is 5.51. The van der Waals surface area contributed by atoms with Crippen LogP contribution in [0.2, 0.25) is 0 Å². The topological polar surface area (TPSA) is 98.5 Å². The van der Waals surface area contributed by atoms with Crippen LogP contribution in [0.1, 0.15) is 5.56 Å². The number of nitrogens with one attached hydrogen (secondary N) is 1. The van der Waals surface area contributed by atoms with Crippen molar-refractivity contribution < 1.29 is 19.1 Å². The summed E-state index contributed by atoms with van der Waals surface area (Å²) in [5.74, 6) is -1.12. The van der Waals surface area contributed by atoms with Crippen molar-refractivity contribution in [3.63, 3.8) is 0 Å². The van der Waals surface area contributed by atoms with Crippen LogP contribution in [0.3, 0.4) is 0 Å². The summed E-state index contributed by atoms with van der Waals surface area (Å²) in [5, 5.41) is 2.68. The first kappa shape index (κ1) is 20.9. The van der Waals surface area contributed by atoms with E-state index in [0.717, 1.165) is 10.5 Å². The molecule has 0 saturated carbocycles. The minimum Gasteiger partial charge on any atom is -0.455 e. The van der Waals surface area contributed by atoms with E-state index >= 15 is 0 Å². The summed E-state index contributed by atoms with van der Waals surface area (Å²) in [6, 6.07) is 14.8. The monoisotopic (exact) mass is 404 g/mol. The van der Waals surface area contributed by atoms with Gasteiger partial charge in [-0.2, -0.15) is 0 Å². The summed E-state index contributed by atoms with van der Waals surface area (Å²) < 4.78 is 5.02. The van der Waals surface area contributed by atoms with E-state index in [1.165, 1.54) is 23.5 Å². The van der Waals surface area contributed by atoms with E-state index in [2.05, 4.69) is 5.32 Å². The lowest BCUT2D eigenvalue weighted by Gasteiger charge is -2.10. The van der Waals surface area contributed by atoms with E-state index in [0.29, 0.717) is 10.6 Å². The van der Waals surface area contributed by atoms with Gasteiger partial charge in [-0.25, -0.2) is 0 Å². The Morgan fingerprint density at radius 3 is 2.30 bits per heavy atom. The molecule has 2 aromatic rings. The van der Waals surface area contributed by atoms with Crippen LogP contribution in [-0.4, -0.2) is 35.9 Å². The summed E-state index contributed by atoms with van der Waals surface area (Å²) in [6.45, 7) is 1.59. The van der Waals surface area contributed by atoms with Gasteiger partial charge < -0.3 is 15.8 Å². The van der Waals surface area contributed by atoms with Crippen LogP contribution < -0.4 is 11.1 Å². The second-order valence-corrected chi connectivity index (χ2v) is 7.55. The standard InChI is InChI=1S/C19H20N2O4S2/c1-13-6-2-4-8-15(13)27-12-19(24)25-10-18(23)21-14-7-3-5-9-16(14)26-11-17(20)22/h2-9H,10-12H2,1H3,(H2,20,22)(H,21,23). The Morgan fingerprint density at radius 2 is 1.59 bits per heavy atom. The molecule has 0 aliphatic rings. The summed E-state index contributed by atoms with van der Waals surface area (Å²) in [4.78, 5) is 36.5. The lowest BCUT2D eigenvalue weighted by atomic mass is 10.2. The van der Waals surface area contributed by atoms with Gasteiger partial charge >= 0.3 is 5.97 Å². The molecule has 0 heterocycles. The first-order valence-corrected chi connectivity index (χ1v) is 10.1. The number of ether oxygens (including phenoxy) is 1. The number of para-hydroxylation sites is 1. The molecule has 0 aromatic heterocycles. The molecule has 0 radical (unpaired) electrons. The highest BCUT2D eigenvalue weighted by atomic mass is 32.2. The van der Waals surface area contributed by atoms with Crippen LogP contribution in [0.5, 0.6) is 0 Å². The Morgan fingerprint density at radius 1 is 0.963 bits per heavy atom. The average Bonchev–Trinajstić information content (AvgIpc) is 2.65. The van der Waals surface area contributed by atoms with Gasteiger partial charge in [-0.05, 0) is 30.7 Å². The Kier molecular flexibility index (Phi) is 8.22. The van der Waals surface area contributed by atoms with E-state index in [4.69, 9.17) is 10.5 Å². The van der Waals surface area contributed by atoms with Gasteiger partial charge in [-0.1, -0.05) is 30.3 Å². The maximum Gasteiger partial charge on any atom is 0.316 e. The van der Waals surface area contributed by atoms with Crippen LogP contribution in [0.25, 0.3) is 0 Å². The number of benzene rings is 2. The van der Waals surface area contributed by atoms with Gasteiger partial charge in [0.2, 0.25) is 5.91 Å². The highest BCUT2D eigenvalue weighted by Gasteiger charge is 2.11. The smallest absolute Gasteiger partial charge is 0.316 e. The molecule has 8 heteroatoms. The third-order valence-electron chi connectivity index (χ3n) is 3.33. The number of hydrogen-bond acceptors (Lipinski definition) is 6. The molecule has 6 nitrogen and oxygen atoms in total. The molecule has 3 N–H and O–H groups in total. The number of esters is 1. The van der Waals surface area contributed by atoms with Crippen LogP contribution in [-0.2, 0) is 19.1 Å². The summed E-state index contributed by atoms with van der Waals surface area (Å²) in [5.41, 5.74) is 6.77. The van der Waals surface area contributed by atoms with Gasteiger partial charge in [0.15, 0.2) is 6.61 Å². The van der Waals surface area contributed by atoms with Gasteiger partial charge in [0.05, 0.1) is 17.2 Å². The molecule has 2 aromatic carbocycles. The van der Waals surface area contributed by atoms with Gasteiger partial charge in [0.25, 0.3) is 5.91 Å². The molecule has 0 saturated heterocycles. The molecule has 0 unspecified atom stereocenters. The molecule has 2 rings (SSSR count). The molecule has 0 atom stereocenters. The molecule has 142 valence electrons. The molecule has 0 bridgehead atoms. The van der Waals surface area contributed by atoms with E-state index in [1.54, 1.807) is 24.3 Å². The normalized spacial score (nSPS) is 10.3. The van der Waals surface area contributed by atoms with E-state index < -0.39 is 17.8 Å². The van der Waals surface area contributed by atoms with Crippen LogP contribution in [0, 0.1) is 6.92 Å². The predicted octanol–water partition coefficient (Wildman–Crippen LogP) is 2.85. The third kappa shape index (κ3) is 7.36. The Balaban J connectivity index is 1.80. The van der Waals surface area contributed by atoms with Crippen molar-refractivity contribution in [3.8, 4) is 0 Å². The second kappa shape index (κ2) is 10.6. The molecular formula is C19H20N2O4S2. The maximum atomic E-state index is 12.0. The van der Waals surface area contributed by atoms with Crippen molar-refractivity contribution in [3.05, 3.63) is 54.1 Å². The summed E-state index contributed by atoms with van der Waals surface area (Å²) >= 11 is 2.60. The number of anilines is 1. The first-order valence-electron chi connectivity index (χ1n) is 8.09. The van der Waals surface area contributed by atoms with Gasteiger partial charge in [0, 0.05) is 9.79 Å². The molecule has 0 aliphatic heterocycles. The predicted molar refractivity (Wildman–Crippen MR) is 108 cm³/mol. The first-order chi connectivity index (χ1) is 13.0. The van der Waals surface area contributed by atoms with Gasteiger partial charge in [0.1, 0.15) is 0 Å². The number of aryl methyl sites for hydroxylation is 1. The fourth-order valence-corrected chi connectivity index (χ4v) is 3.65. The molecule has 0 fully saturated rings. The maximum absolute atomic E-state index is 12.0. The summed E-state index contributed by atoms with van der Waals surface area (Å²) in [7, 11) is 0. The van der Waals surface area contributed by atoms with Crippen molar-refractivity contribution in [2.45, 2.75) is 16.7 Å². The minimum atomic E-state index is -0.463. The summed E-state index contributed by atoms with van der Waals surface area (Å²) in [6.07, 6.45) is 0. The van der Waals surface area contributed by atoms with Gasteiger partial charge in [-0.3, -0.25) is 14.4 Å². The number of rotatable bonds is 9. The average molecular weight is 405 g/mol. The quantitative estimate of drug-likeness (QED) is 0.493. The lowest BCUT2D eigenvalue weighted by molar-refractivity contribution is -0.144.